The predicted molar refractivity (Wildman–Crippen MR) is 76.6 cm³/mol. The zero-order valence-corrected chi connectivity index (χ0v) is 12.2. The van der Waals surface area contributed by atoms with E-state index >= 15 is 0 Å². The van der Waals surface area contributed by atoms with Crippen molar-refractivity contribution in [3.8, 4) is 17.2 Å². The number of nitrogens with two attached hydrogens (primary N) is 1. The molecule has 20 heavy (non-hydrogen) atoms. The zero-order chi connectivity index (χ0) is 14.9. The lowest BCUT2D eigenvalue weighted by Gasteiger charge is -2.05. The first-order valence-electron chi connectivity index (χ1n) is 5.72. The number of rotatable bonds is 3. The SMILES string of the molecule is CCS(=O)(=O)c1sc(N)c(C#N)c1-c1ccccc1F. The van der Waals surface area contributed by atoms with Crippen molar-refractivity contribution in [1.29, 1.82) is 5.26 Å². The van der Waals surface area contributed by atoms with Crippen molar-refractivity contribution in [2.24, 2.45) is 0 Å². The largest absolute Gasteiger partial charge is 0.389 e. The van der Waals surface area contributed by atoms with Crippen LogP contribution in [0.4, 0.5) is 9.39 Å². The highest BCUT2D eigenvalue weighted by Gasteiger charge is 2.27. The van der Waals surface area contributed by atoms with Crippen molar-refractivity contribution in [1.82, 2.24) is 0 Å². The summed E-state index contributed by atoms with van der Waals surface area (Å²) in [6.45, 7) is 1.49. The molecule has 0 spiro atoms. The third kappa shape index (κ3) is 2.28. The summed E-state index contributed by atoms with van der Waals surface area (Å²) in [7, 11) is -3.58. The summed E-state index contributed by atoms with van der Waals surface area (Å²) in [5, 5.41) is 9.24. The minimum atomic E-state index is -3.58. The van der Waals surface area contributed by atoms with Gasteiger partial charge in [-0.2, -0.15) is 5.26 Å². The fourth-order valence-corrected chi connectivity index (χ4v) is 4.48. The molecule has 0 atom stereocenters. The molecule has 0 saturated carbocycles. The maximum absolute atomic E-state index is 13.9. The smallest absolute Gasteiger partial charge is 0.188 e. The second-order valence-corrected chi connectivity index (χ2v) is 7.52. The molecule has 0 saturated heterocycles. The summed E-state index contributed by atoms with van der Waals surface area (Å²) in [6.07, 6.45) is 0. The van der Waals surface area contributed by atoms with Crippen molar-refractivity contribution < 1.29 is 12.8 Å². The lowest BCUT2D eigenvalue weighted by atomic mass is 10.0. The van der Waals surface area contributed by atoms with E-state index in [1.807, 2.05) is 6.07 Å². The Labute approximate surface area is 120 Å². The first-order valence-corrected chi connectivity index (χ1v) is 8.19. The molecule has 104 valence electrons. The number of nitriles is 1. The van der Waals surface area contributed by atoms with Crippen LogP contribution < -0.4 is 5.73 Å². The third-order valence-corrected chi connectivity index (χ3v) is 6.18. The first kappa shape index (κ1) is 14.5. The van der Waals surface area contributed by atoms with E-state index in [0.717, 1.165) is 11.3 Å². The van der Waals surface area contributed by atoms with Crippen LogP contribution >= 0.6 is 11.3 Å². The van der Waals surface area contributed by atoms with Crippen LogP contribution in [0.25, 0.3) is 11.1 Å². The highest BCUT2D eigenvalue weighted by atomic mass is 32.2. The van der Waals surface area contributed by atoms with Gasteiger partial charge in [-0.1, -0.05) is 25.1 Å². The molecule has 7 heteroatoms. The van der Waals surface area contributed by atoms with E-state index < -0.39 is 15.7 Å². The van der Waals surface area contributed by atoms with Crippen LogP contribution in [0.15, 0.2) is 28.5 Å². The maximum Gasteiger partial charge on any atom is 0.188 e. The highest BCUT2D eigenvalue weighted by Crippen LogP contribution is 2.42. The van der Waals surface area contributed by atoms with Gasteiger partial charge in [0.2, 0.25) is 0 Å². The number of nitrogens with zero attached hydrogens (tertiary/aromatic N) is 1. The average molecular weight is 310 g/mol. The molecule has 0 unspecified atom stereocenters. The molecule has 1 aromatic heterocycles. The zero-order valence-electron chi connectivity index (χ0n) is 10.6. The van der Waals surface area contributed by atoms with Gasteiger partial charge in [-0.05, 0) is 6.07 Å². The molecule has 1 heterocycles. The summed E-state index contributed by atoms with van der Waals surface area (Å²) >= 11 is 0.801. The number of halogens is 1. The van der Waals surface area contributed by atoms with E-state index in [1.54, 1.807) is 6.07 Å². The Kier molecular flexibility index (Phi) is 3.79. The molecule has 0 bridgehead atoms. The Balaban J connectivity index is 2.89. The number of thiophene rings is 1. The molecule has 2 N–H and O–H groups in total. The van der Waals surface area contributed by atoms with E-state index in [4.69, 9.17) is 11.0 Å². The van der Waals surface area contributed by atoms with Gasteiger partial charge < -0.3 is 5.73 Å². The normalized spacial score (nSPS) is 11.2. The van der Waals surface area contributed by atoms with Crippen LogP contribution in [0.5, 0.6) is 0 Å². The number of hydrogen-bond donors (Lipinski definition) is 1. The number of sulfone groups is 1. The van der Waals surface area contributed by atoms with Crippen molar-refractivity contribution in [2.75, 3.05) is 11.5 Å². The van der Waals surface area contributed by atoms with Gasteiger partial charge in [0.05, 0.1) is 11.3 Å². The Morgan fingerprint density at radius 1 is 1.40 bits per heavy atom. The number of nitrogen functional groups attached to an aromatic ring is 1. The second-order valence-electron chi connectivity index (χ2n) is 4.00. The average Bonchev–Trinajstić information content (AvgIpc) is 2.76. The molecule has 2 rings (SSSR count). The predicted octanol–water partition coefficient (Wildman–Crippen LogP) is 2.80. The van der Waals surface area contributed by atoms with Crippen LogP contribution in [-0.2, 0) is 9.84 Å². The van der Waals surface area contributed by atoms with Crippen molar-refractivity contribution in [3.63, 3.8) is 0 Å². The third-order valence-electron chi connectivity index (χ3n) is 2.82. The number of benzene rings is 1. The summed E-state index contributed by atoms with van der Waals surface area (Å²) in [4.78, 5) is 0. The van der Waals surface area contributed by atoms with E-state index in [9.17, 15) is 12.8 Å². The van der Waals surface area contributed by atoms with Gasteiger partial charge in [-0.3, -0.25) is 0 Å². The highest BCUT2D eigenvalue weighted by molar-refractivity contribution is 7.93. The molecule has 0 aliphatic heterocycles. The first-order chi connectivity index (χ1) is 9.42. The summed E-state index contributed by atoms with van der Waals surface area (Å²) in [5.41, 5.74) is 5.85. The van der Waals surface area contributed by atoms with E-state index in [0.29, 0.717) is 0 Å². The Bertz CT molecular complexity index is 804. The standard InChI is InChI=1S/C13H11FN2O2S2/c1-2-20(17,18)13-11(9(7-15)12(16)19-13)8-5-3-4-6-10(8)14/h3-6H,2,16H2,1H3. The second kappa shape index (κ2) is 5.23. The minimum absolute atomic E-state index is 0.00660. The van der Waals surface area contributed by atoms with Gasteiger partial charge >= 0.3 is 0 Å². The fourth-order valence-electron chi connectivity index (χ4n) is 1.80. The molecule has 0 aliphatic rings. The Hall–Kier alpha value is -1.91. The van der Waals surface area contributed by atoms with Gasteiger partial charge in [0.1, 0.15) is 21.1 Å². The molecular formula is C13H11FN2O2S2. The summed E-state index contributed by atoms with van der Waals surface area (Å²) < 4.78 is 38.1. The molecule has 0 aliphatic carbocycles. The topological polar surface area (TPSA) is 83.9 Å². The molecular weight excluding hydrogens is 299 g/mol. The van der Waals surface area contributed by atoms with E-state index in [-0.39, 0.29) is 31.7 Å². The van der Waals surface area contributed by atoms with Gasteiger partial charge in [-0.25, -0.2) is 12.8 Å². The van der Waals surface area contributed by atoms with Gasteiger partial charge in [-0.15, -0.1) is 11.3 Å². The maximum atomic E-state index is 13.9. The Morgan fingerprint density at radius 3 is 2.60 bits per heavy atom. The molecule has 0 radical (unpaired) electrons. The monoisotopic (exact) mass is 310 g/mol. The molecule has 0 amide bonds. The Morgan fingerprint density at radius 2 is 2.05 bits per heavy atom. The van der Waals surface area contributed by atoms with Crippen molar-refractivity contribution in [3.05, 3.63) is 35.6 Å². The summed E-state index contributed by atoms with van der Waals surface area (Å²) in [5.74, 6) is -0.728. The molecule has 0 fully saturated rings. The van der Waals surface area contributed by atoms with E-state index in [1.165, 1.54) is 25.1 Å². The van der Waals surface area contributed by atoms with Gasteiger partial charge in [0.15, 0.2) is 9.84 Å². The van der Waals surface area contributed by atoms with Gasteiger partial charge in [0.25, 0.3) is 0 Å². The van der Waals surface area contributed by atoms with Crippen LogP contribution in [0.2, 0.25) is 0 Å². The molecule has 1 aromatic carbocycles. The lowest BCUT2D eigenvalue weighted by Crippen LogP contribution is -2.03. The van der Waals surface area contributed by atoms with Crippen LogP contribution in [0, 0.1) is 17.1 Å². The van der Waals surface area contributed by atoms with Crippen molar-refractivity contribution in [2.45, 2.75) is 11.1 Å². The summed E-state index contributed by atoms with van der Waals surface area (Å²) in [6, 6.07) is 7.59. The number of anilines is 1. The van der Waals surface area contributed by atoms with Crippen LogP contribution in [0.3, 0.4) is 0 Å². The van der Waals surface area contributed by atoms with E-state index in [2.05, 4.69) is 0 Å². The fraction of sp³-hybridized carbons (Fsp3) is 0.154. The van der Waals surface area contributed by atoms with Crippen LogP contribution in [-0.4, -0.2) is 14.2 Å². The number of hydrogen-bond acceptors (Lipinski definition) is 5. The van der Waals surface area contributed by atoms with Crippen LogP contribution in [0.1, 0.15) is 12.5 Å². The lowest BCUT2D eigenvalue weighted by molar-refractivity contribution is 0.599. The van der Waals surface area contributed by atoms with Gasteiger partial charge in [0, 0.05) is 11.1 Å². The van der Waals surface area contributed by atoms with Crippen molar-refractivity contribution >= 4 is 26.2 Å². The molecule has 2 aromatic rings. The minimum Gasteiger partial charge on any atom is -0.389 e. The molecule has 4 nitrogen and oxygen atoms in total. The quantitative estimate of drug-likeness (QED) is 0.944.